The van der Waals surface area contributed by atoms with Crippen LogP contribution in [0.4, 0.5) is 0 Å². The van der Waals surface area contributed by atoms with Crippen LogP contribution in [0.25, 0.3) is 0 Å². The van der Waals surface area contributed by atoms with Gasteiger partial charge in [-0.2, -0.15) is 0 Å². The molecule has 0 aliphatic heterocycles. The van der Waals surface area contributed by atoms with Crippen LogP contribution in [0.1, 0.15) is 71.7 Å². The number of hydrogen-bond acceptors (Lipinski definition) is 5. The van der Waals surface area contributed by atoms with Gasteiger partial charge in [-0.05, 0) is 49.1 Å². The third-order valence-corrected chi connectivity index (χ3v) is 7.61. The number of rotatable bonds is 17. The van der Waals surface area contributed by atoms with E-state index < -0.39 is 23.3 Å². The van der Waals surface area contributed by atoms with Crippen LogP contribution in [-0.2, 0) is 11.2 Å². The van der Waals surface area contributed by atoms with Gasteiger partial charge in [-0.1, -0.05) is 86.7 Å². The Bertz CT molecular complexity index is 1150. The summed E-state index contributed by atoms with van der Waals surface area (Å²) in [7, 11) is 0. The third-order valence-electron chi connectivity index (χ3n) is 6.32. The van der Waals surface area contributed by atoms with Gasteiger partial charge in [0.2, 0.25) is 0 Å². The number of carboxylic acids is 2. The van der Waals surface area contributed by atoms with Crippen molar-refractivity contribution in [3.8, 4) is 5.75 Å². The van der Waals surface area contributed by atoms with Gasteiger partial charge in [0.15, 0.2) is 6.10 Å². The molecule has 3 aromatic carbocycles. The molecule has 3 rings (SSSR count). The summed E-state index contributed by atoms with van der Waals surface area (Å²) in [5.74, 6) is -1.89. The van der Waals surface area contributed by atoms with Crippen LogP contribution < -0.4 is 4.74 Å². The fraction of sp³-hybridized carbons (Fsp3) is 0.355. The first-order chi connectivity index (χ1) is 18.5. The van der Waals surface area contributed by atoms with Crippen LogP contribution in [0.3, 0.4) is 0 Å². The van der Waals surface area contributed by atoms with E-state index in [2.05, 4.69) is 24.3 Å². The highest BCUT2D eigenvalue weighted by molar-refractivity contribution is 7.99. The monoisotopic (exact) mass is 536 g/mol. The lowest BCUT2D eigenvalue weighted by Crippen LogP contribution is -2.26. The normalized spacial score (nSPS) is 12.6. The van der Waals surface area contributed by atoms with Crippen molar-refractivity contribution in [2.75, 3.05) is 6.61 Å². The number of ether oxygens (including phenoxy) is 1. The van der Waals surface area contributed by atoms with Crippen molar-refractivity contribution >= 4 is 23.7 Å². The summed E-state index contributed by atoms with van der Waals surface area (Å²) in [5, 5.41) is 28.5. The van der Waals surface area contributed by atoms with Gasteiger partial charge in [-0.3, -0.25) is 0 Å². The zero-order valence-corrected chi connectivity index (χ0v) is 22.3. The second-order valence-corrected chi connectivity index (χ2v) is 10.5. The van der Waals surface area contributed by atoms with E-state index in [1.807, 2.05) is 12.1 Å². The summed E-state index contributed by atoms with van der Waals surface area (Å²) < 4.78 is 6.03. The molecule has 0 radical (unpaired) electrons. The molecule has 0 spiro atoms. The molecule has 3 N–H and O–H groups in total. The maximum atomic E-state index is 11.7. The Morgan fingerprint density at radius 2 is 1.42 bits per heavy atom. The lowest BCUT2D eigenvalue weighted by Gasteiger charge is -2.23. The van der Waals surface area contributed by atoms with Crippen LogP contribution in [0.2, 0.25) is 0 Å². The highest BCUT2D eigenvalue weighted by Gasteiger charge is 2.31. The maximum Gasteiger partial charge on any atom is 0.335 e. The fourth-order valence-corrected chi connectivity index (χ4v) is 5.48. The number of aliphatic hydroxyl groups is 1. The van der Waals surface area contributed by atoms with Crippen molar-refractivity contribution in [3.63, 3.8) is 0 Å². The van der Waals surface area contributed by atoms with Gasteiger partial charge in [-0.15, -0.1) is 11.8 Å². The third kappa shape index (κ3) is 9.54. The van der Waals surface area contributed by atoms with E-state index in [1.165, 1.54) is 43.4 Å². The number of carbonyl (C=O) groups is 2. The van der Waals surface area contributed by atoms with E-state index in [4.69, 9.17) is 4.74 Å². The number of thioether (sulfide) groups is 1. The number of aliphatic hydroxyl groups excluding tert-OH is 1. The van der Waals surface area contributed by atoms with Crippen molar-refractivity contribution in [1.29, 1.82) is 0 Å². The standard InChI is InChI=1S/C31H36O6S/c32-28(31(35)36)29(38-25-18-13-17-24(22-25)30(33)34)26-19-10-11-20-27(26)37-21-12-5-3-1-2-4-7-14-23-15-8-6-9-16-23/h6,8-11,13,15-20,22,28-29,32H,1-5,7,12,14,21H2,(H,33,34)(H,35,36). The van der Waals surface area contributed by atoms with Crippen molar-refractivity contribution < 1.29 is 29.6 Å². The summed E-state index contributed by atoms with van der Waals surface area (Å²) in [6, 6.07) is 23.9. The smallest absolute Gasteiger partial charge is 0.335 e. The quantitative estimate of drug-likeness (QED) is 0.126. The number of aryl methyl sites for hydroxylation is 1. The number of unbranched alkanes of at least 4 members (excludes halogenated alkanes) is 6. The predicted molar refractivity (Wildman–Crippen MR) is 150 cm³/mol. The number of carboxylic acid groups (broad SMARTS) is 2. The van der Waals surface area contributed by atoms with Crippen molar-refractivity contribution in [1.82, 2.24) is 0 Å². The van der Waals surface area contributed by atoms with Gasteiger partial charge < -0.3 is 20.1 Å². The largest absolute Gasteiger partial charge is 0.493 e. The van der Waals surface area contributed by atoms with Gasteiger partial charge >= 0.3 is 11.9 Å². The second-order valence-electron chi connectivity index (χ2n) is 9.25. The first-order valence-electron chi connectivity index (χ1n) is 13.1. The number of para-hydroxylation sites is 1. The Morgan fingerprint density at radius 1 is 0.763 bits per heavy atom. The van der Waals surface area contributed by atoms with Crippen LogP contribution in [0.15, 0.2) is 83.8 Å². The van der Waals surface area contributed by atoms with Crippen molar-refractivity contribution in [2.24, 2.45) is 0 Å². The van der Waals surface area contributed by atoms with Crippen LogP contribution in [0.5, 0.6) is 5.75 Å². The molecule has 0 bridgehead atoms. The van der Waals surface area contributed by atoms with Crippen molar-refractivity contribution in [3.05, 3.63) is 95.6 Å². The highest BCUT2D eigenvalue weighted by Crippen LogP contribution is 2.42. The Balaban J connectivity index is 1.48. The minimum absolute atomic E-state index is 0.0966. The Hall–Kier alpha value is -3.29. The van der Waals surface area contributed by atoms with Crippen molar-refractivity contribution in [2.45, 2.75) is 67.6 Å². The SMILES string of the molecule is O=C(O)c1cccc(SC(c2ccccc2OCCCCCCCCCc2ccccc2)C(O)C(=O)O)c1. The molecule has 38 heavy (non-hydrogen) atoms. The molecular weight excluding hydrogens is 500 g/mol. The van der Waals surface area contributed by atoms with E-state index in [1.54, 1.807) is 30.3 Å². The number of aliphatic carboxylic acids is 1. The van der Waals surface area contributed by atoms with Gasteiger partial charge in [0, 0.05) is 10.5 Å². The zero-order valence-electron chi connectivity index (χ0n) is 21.5. The average Bonchev–Trinajstić information content (AvgIpc) is 2.93. The summed E-state index contributed by atoms with van der Waals surface area (Å²) in [6.45, 7) is 0.500. The predicted octanol–water partition coefficient (Wildman–Crippen LogP) is 7.02. The zero-order chi connectivity index (χ0) is 27.2. The summed E-state index contributed by atoms with van der Waals surface area (Å²) in [5.41, 5.74) is 2.06. The lowest BCUT2D eigenvalue weighted by molar-refractivity contribution is -0.146. The van der Waals surface area contributed by atoms with Gasteiger partial charge in [0.05, 0.1) is 17.4 Å². The molecule has 0 aromatic heterocycles. The molecule has 3 aromatic rings. The molecule has 0 aliphatic rings. The second kappa shape index (κ2) is 15.8. The minimum atomic E-state index is -1.69. The minimum Gasteiger partial charge on any atom is -0.493 e. The molecule has 0 saturated heterocycles. The first-order valence-corrected chi connectivity index (χ1v) is 14.0. The lowest BCUT2D eigenvalue weighted by atomic mass is 10.0. The van der Waals surface area contributed by atoms with Crippen LogP contribution >= 0.6 is 11.8 Å². The molecule has 0 aliphatic carbocycles. The first kappa shape index (κ1) is 29.3. The topological polar surface area (TPSA) is 104 Å². The van der Waals surface area contributed by atoms with Crippen LogP contribution in [-0.4, -0.2) is 40.0 Å². The molecule has 0 fully saturated rings. The Kier molecular flexibility index (Phi) is 12.2. The number of aromatic carboxylic acids is 1. The van der Waals surface area contributed by atoms with E-state index in [0.29, 0.717) is 22.8 Å². The molecule has 0 heterocycles. The maximum absolute atomic E-state index is 11.7. The molecular formula is C31H36O6S. The van der Waals surface area contributed by atoms with Gasteiger partial charge in [-0.25, -0.2) is 9.59 Å². The average molecular weight is 537 g/mol. The van der Waals surface area contributed by atoms with Gasteiger partial charge in [0.25, 0.3) is 0 Å². The van der Waals surface area contributed by atoms with E-state index in [9.17, 15) is 24.9 Å². The fourth-order valence-electron chi connectivity index (χ4n) is 4.27. The summed E-state index contributed by atoms with van der Waals surface area (Å²) in [6.07, 6.45) is 7.40. The molecule has 2 atom stereocenters. The Labute approximate surface area is 228 Å². The Morgan fingerprint density at radius 3 is 2.13 bits per heavy atom. The molecule has 7 heteroatoms. The summed E-state index contributed by atoms with van der Waals surface area (Å²) in [4.78, 5) is 23.6. The number of benzene rings is 3. The highest BCUT2D eigenvalue weighted by atomic mass is 32.2. The molecule has 6 nitrogen and oxygen atoms in total. The molecule has 2 unspecified atom stereocenters. The molecule has 202 valence electrons. The van der Waals surface area contributed by atoms with E-state index >= 15 is 0 Å². The summed E-state index contributed by atoms with van der Waals surface area (Å²) >= 11 is 1.11. The van der Waals surface area contributed by atoms with E-state index in [-0.39, 0.29) is 5.56 Å². The molecule has 0 amide bonds. The molecule has 0 saturated carbocycles. The van der Waals surface area contributed by atoms with Crippen LogP contribution in [0, 0.1) is 0 Å². The van der Waals surface area contributed by atoms with E-state index in [0.717, 1.165) is 37.4 Å². The van der Waals surface area contributed by atoms with Gasteiger partial charge in [0.1, 0.15) is 5.75 Å². The number of hydrogen-bond donors (Lipinski definition) is 3.